The van der Waals surface area contributed by atoms with E-state index in [2.05, 4.69) is 15.6 Å². The highest BCUT2D eigenvalue weighted by Gasteiger charge is 2.24. The molecule has 2 aromatic heterocycles. The van der Waals surface area contributed by atoms with Crippen LogP contribution in [0, 0.1) is 0 Å². The highest BCUT2D eigenvalue weighted by molar-refractivity contribution is 6.09. The van der Waals surface area contributed by atoms with Gasteiger partial charge in [-0.15, -0.1) is 0 Å². The van der Waals surface area contributed by atoms with Crippen molar-refractivity contribution in [1.29, 1.82) is 0 Å². The zero-order valence-electron chi connectivity index (χ0n) is 17.1. The van der Waals surface area contributed by atoms with Crippen molar-refractivity contribution in [3.8, 4) is 11.5 Å². The smallest absolute Gasteiger partial charge is 0.288 e. The fourth-order valence-corrected chi connectivity index (χ4v) is 2.84. The van der Waals surface area contributed by atoms with Crippen LogP contribution in [0.4, 0.5) is 5.69 Å². The minimum atomic E-state index is -0.452. The third kappa shape index (κ3) is 4.31. The third-order valence-electron chi connectivity index (χ3n) is 4.11. The monoisotopic (exact) mass is 396 g/mol. The number of fused-ring (bicyclic) bond motifs is 1. The molecule has 2 heterocycles. The molecule has 8 nitrogen and oxygen atoms in total. The summed E-state index contributed by atoms with van der Waals surface area (Å²) in [6.45, 7) is 5.64. The molecule has 152 valence electrons. The summed E-state index contributed by atoms with van der Waals surface area (Å²) in [5.74, 6) is 0.384. The summed E-state index contributed by atoms with van der Waals surface area (Å²) in [7, 11) is 3.06. The number of nitrogens with one attached hydrogen (secondary N) is 2. The van der Waals surface area contributed by atoms with Gasteiger partial charge in [0.05, 0.1) is 25.4 Å². The highest BCUT2D eigenvalue weighted by atomic mass is 16.5. The molecule has 0 bridgehead atoms. The Balaban J connectivity index is 1.98. The molecule has 0 aliphatic heterocycles. The van der Waals surface area contributed by atoms with Crippen LogP contribution in [0.3, 0.4) is 0 Å². The summed E-state index contributed by atoms with van der Waals surface area (Å²) in [6.07, 6.45) is 1.70. The normalized spacial score (nSPS) is 11.2. The van der Waals surface area contributed by atoms with Crippen LogP contribution in [-0.4, -0.2) is 41.0 Å². The first-order valence-corrected chi connectivity index (χ1v) is 9.06. The van der Waals surface area contributed by atoms with Gasteiger partial charge in [0.1, 0.15) is 11.5 Å². The van der Waals surface area contributed by atoms with Crippen molar-refractivity contribution in [1.82, 2.24) is 14.7 Å². The van der Waals surface area contributed by atoms with Gasteiger partial charge < -0.3 is 20.1 Å². The Hall–Kier alpha value is -3.55. The Morgan fingerprint density at radius 3 is 2.45 bits per heavy atom. The molecular formula is C21H24N4O4. The van der Waals surface area contributed by atoms with E-state index in [1.165, 1.54) is 7.11 Å². The number of carbonyl (C=O) groups excluding carboxylic acids is 2. The number of benzene rings is 1. The lowest BCUT2D eigenvalue weighted by molar-refractivity contribution is 0.0908. The third-order valence-corrected chi connectivity index (χ3v) is 4.11. The second kappa shape index (κ2) is 7.83. The lowest BCUT2D eigenvalue weighted by Gasteiger charge is -2.19. The van der Waals surface area contributed by atoms with Gasteiger partial charge in [-0.05, 0) is 45.0 Å². The van der Waals surface area contributed by atoms with Crippen LogP contribution < -0.4 is 20.1 Å². The average Bonchev–Trinajstić information content (AvgIpc) is 3.07. The standard InChI is InChI=1S/C21H24N4O4/c1-21(2,3)24-20(27)18-23-17(15-8-6-7-11-25(15)18)19(26)22-14-10-9-13(28-4)12-16(14)29-5/h6-12H,1-5H3,(H,22,26)(H,24,27). The topological polar surface area (TPSA) is 94.0 Å². The van der Waals surface area contributed by atoms with E-state index < -0.39 is 11.4 Å². The van der Waals surface area contributed by atoms with E-state index in [1.807, 2.05) is 20.8 Å². The highest BCUT2D eigenvalue weighted by Crippen LogP contribution is 2.29. The summed E-state index contributed by atoms with van der Waals surface area (Å²) >= 11 is 0. The Kier molecular flexibility index (Phi) is 5.45. The molecule has 0 atom stereocenters. The van der Waals surface area contributed by atoms with Crippen LogP contribution in [0.25, 0.3) is 5.52 Å². The largest absolute Gasteiger partial charge is 0.497 e. The molecule has 0 aliphatic rings. The number of carbonyl (C=O) groups is 2. The minimum absolute atomic E-state index is 0.141. The van der Waals surface area contributed by atoms with E-state index in [0.717, 1.165) is 0 Å². The number of ether oxygens (including phenoxy) is 2. The van der Waals surface area contributed by atoms with Gasteiger partial charge >= 0.3 is 0 Å². The maximum atomic E-state index is 13.0. The number of anilines is 1. The quantitative estimate of drug-likeness (QED) is 0.691. The van der Waals surface area contributed by atoms with Gasteiger partial charge in [-0.3, -0.25) is 14.0 Å². The van der Waals surface area contributed by atoms with Crippen LogP contribution in [0.15, 0.2) is 42.6 Å². The van der Waals surface area contributed by atoms with E-state index >= 15 is 0 Å². The number of nitrogens with zero attached hydrogens (tertiary/aromatic N) is 2. The van der Waals surface area contributed by atoms with Gasteiger partial charge in [0.2, 0.25) is 5.82 Å². The number of hydrogen-bond acceptors (Lipinski definition) is 5. The zero-order valence-corrected chi connectivity index (χ0v) is 17.1. The van der Waals surface area contributed by atoms with Crippen molar-refractivity contribution in [2.75, 3.05) is 19.5 Å². The number of methoxy groups -OCH3 is 2. The molecule has 2 N–H and O–H groups in total. The van der Waals surface area contributed by atoms with Gasteiger partial charge in [0.25, 0.3) is 11.8 Å². The van der Waals surface area contributed by atoms with E-state index in [9.17, 15) is 9.59 Å². The van der Waals surface area contributed by atoms with Crippen LogP contribution in [-0.2, 0) is 0 Å². The fourth-order valence-electron chi connectivity index (χ4n) is 2.84. The van der Waals surface area contributed by atoms with Gasteiger partial charge in [0, 0.05) is 17.8 Å². The molecule has 0 saturated heterocycles. The first-order valence-electron chi connectivity index (χ1n) is 9.06. The summed E-state index contributed by atoms with van der Waals surface area (Å²) in [5.41, 5.74) is 0.700. The lowest BCUT2D eigenvalue weighted by Crippen LogP contribution is -2.41. The SMILES string of the molecule is COc1ccc(NC(=O)c2nc(C(=O)NC(C)(C)C)n3ccccc23)c(OC)c1. The maximum absolute atomic E-state index is 13.0. The molecular weight excluding hydrogens is 372 g/mol. The van der Waals surface area contributed by atoms with Crippen LogP contribution >= 0.6 is 0 Å². The van der Waals surface area contributed by atoms with E-state index in [1.54, 1.807) is 54.1 Å². The van der Waals surface area contributed by atoms with Crippen LogP contribution in [0.5, 0.6) is 11.5 Å². The molecule has 0 aliphatic carbocycles. The number of imidazole rings is 1. The predicted molar refractivity (Wildman–Crippen MR) is 110 cm³/mol. The molecule has 0 unspecified atom stereocenters. The lowest BCUT2D eigenvalue weighted by atomic mass is 10.1. The van der Waals surface area contributed by atoms with E-state index in [-0.39, 0.29) is 17.4 Å². The molecule has 0 radical (unpaired) electrons. The van der Waals surface area contributed by atoms with Crippen molar-refractivity contribution in [3.05, 3.63) is 54.1 Å². The van der Waals surface area contributed by atoms with Gasteiger partial charge in [0.15, 0.2) is 5.69 Å². The summed E-state index contributed by atoms with van der Waals surface area (Å²) in [6, 6.07) is 10.4. The molecule has 1 aromatic carbocycles. The second-order valence-corrected chi connectivity index (χ2v) is 7.46. The molecule has 3 aromatic rings. The van der Waals surface area contributed by atoms with Crippen molar-refractivity contribution in [2.24, 2.45) is 0 Å². The van der Waals surface area contributed by atoms with Crippen molar-refractivity contribution in [3.63, 3.8) is 0 Å². The summed E-state index contributed by atoms with van der Waals surface area (Å²) in [4.78, 5) is 30.0. The Labute approximate surface area is 168 Å². The number of amides is 2. The first-order chi connectivity index (χ1) is 13.7. The minimum Gasteiger partial charge on any atom is -0.497 e. The fraction of sp³-hybridized carbons (Fsp3) is 0.286. The van der Waals surface area contributed by atoms with Gasteiger partial charge in [-0.25, -0.2) is 4.98 Å². The zero-order chi connectivity index (χ0) is 21.2. The van der Waals surface area contributed by atoms with Crippen molar-refractivity contribution < 1.29 is 19.1 Å². The van der Waals surface area contributed by atoms with Gasteiger partial charge in [-0.1, -0.05) is 6.07 Å². The van der Waals surface area contributed by atoms with E-state index in [4.69, 9.17) is 9.47 Å². The van der Waals surface area contributed by atoms with Crippen molar-refractivity contribution >= 4 is 23.0 Å². The Morgan fingerprint density at radius 1 is 1.03 bits per heavy atom. The second-order valence-electron chi connectivity index (χ2n) is 7.46. The van der Waals surface area contributed by atoms with Gasteiger partial charge in [-0.2, -0.15) is 0 Å². The van der Waals surface area contributed by atoms with Crippen LogP contribution in [0.1, 0.15) is 41.9 Å². The molecule has 0 saturated carbocycles. The number of rotatable bonds is 5. The molecule has 0 fully saturated rings. The molecule has 3 rings (SSSR count). The Bertz CT molecular complexity index is 1070. The number of hydrogen-bond donors (Lipinski definition) is 2. The first kappa shape index (κ1) is 20.2. The maximum Gasteiger partial charge on any atom is 0.288 e. The average molecular weight is 396 g/mol. The molecule has 29 heavy (non-hydrogen) atoms. The van der Waals surface area contributed by atoms with Crippen LogP contribution in [0.2, 0.25) is 0 Å². The predicted octanol–water partition coefficient (Wildman–Crippen LogP) is 3.13. The molecule has 2 amide bonds. The summed E-state index contributed by atoms with van der Waals surface area (Å²) in [5, 5.41) is 5.67. The molecule has 8 heteroatoms. The number of aromatic nitrogens is 2. The molecule has 0 spiro atoms. The number of pyridine rings is 1. The Morgan fingerprint density at radius 2 is 1.79 bits per heavy atom. The van der Waals surface area contributed by atoms with E-state index in [0.29, 0.717) is 22.7 Å². The van der Waals surface area contributed by atoms with Crippen molar-refractivity contribution in [2.45, 2.75) is 26.3 Å². The summed E-state index contributed by atoms with van der Waals surface area (Å²) < 4.78 is 12.1.